The van der Waals surface area contributed by atoms with Crippen LogP contribution in [-0.4, -0.2) is 55.5 Å². The minimum atomic E-state index is -1.18. The molecule has 0 bridgehead atoms. The molecule has 2 amide bonds. The Balaban J connectivity index is 1.56. The third-order valence-electron chi connectivity index (χ3n) is 6.13. The zero-order valence-corrected chi connectivity index (χ0v) is 20.3. The smallest absolute Gasteiger partial charge is 0.322 e. The lowest BCUT2D eigenvalue weighted by molar-refractivity contribution is -0.137. The Morgan fingerprint density at radius 1 is 0.921 bits per heavy atom. The summed E-state index contributed by atoms with van der Waals surface area (Å²) in [5.74, 6) is -2.71. The van der Waals surface area contributed by atoms with Crippen molar-refractivity contribution < 1.29 is 23.9 Å². The maximum absolute atomic E-state index is 15.4. The van der Waals surface area contributed by atoms with Crippen molar-refractivity contribution in [2.45, 2.75) is 6.54 Å². The van der Waals surface area contributed by atoms with E-state index in [1.807, 2.05) is 36.4 Å². The van der Waals surface area contributed by atoms with Crippen LogP contribution >= 0.6 is 0 Å². The van der Waals surface area contributed by atoms with Crippen LogP contribution in [0, 0.1) is 5.82 Å². The Kier molecular flexibility index (Phi) is 6.56. The Morgan fingerprint density at radius 2 is 1.68 bits per heavy atom. The van der Waals surface area contributed by atoms with Crippen molar-refractivity contribution in [2.24, 2.45) is 7.05 Å². The number of aliphatic carboxylic acids is 1. The molecule has 0 fully saturated rings. The number of hydrogen-bond acceptors (Lipinski definition) is 5. The summed E-state index contributed by atoms with van der Waals surface area (Å²) in [5.41, 5.74) is 3.74. The van der Waals surface area contributed by atoms with Gasteiger partial charge >= 0.3 is 5.97 Å². The van der Waals surface area contributed by atoms with Crippen molar-refractivity contribution >= 4 is 39.6 Å². The summed E-state index contributed by atoms with van der Waals surface area (Å²) in [7, 11) is 1.79. The van der Waals surface area contributed by atoms with Gasteiger partial charge in [-0.25, -0.2) is 4.39 Å². The number of fused-ring (bicyclic) bond motifs is 2. The number of carbonyl (C=O) groups excluding carboxylic acids is 2. The Labute approximate surface area is 215 Å². The SMILES string of the molecule is Cn1ncc2cc(F)c(-c3cccc4c3c(-c3ccccc3)nn4CC(=O)NCC(=O)NCC(=O)O)cc21. The van der Waals surface area contributed by atoms with E-state index in [-0.39, 0.29) is 13.1 Å². The van der Waals surface area contributed by atoms with Crippen LogP contribution in [0.15, 0.2) is 66.9 Å². The number of halogens is 1. The molecule has 3 N–H and O–H groups in total. The molecule has 0 aliphatic rings. The molecule has 0 saturated heterocycles. The van der Waals surface area contributed by atoms with E-state index in [2.05, 4.69) is 15.7 Å². The van der Waals surface area contributed by atoms with E-state index in [4.69, 9.17) is 10.2 Å². The molecule has 0 spiro atoms. The van der Waals surface area contributed by atoms with Crippen molar-refractivity contribution in [1.82, 2.24) is 30.2 Å². The van der Waals surface area contributed by atoms with E-state index in [1.165, 1.54) is 10.7 Å². The van der Waals surface area contributed by atoms with Gasteiger partial charge in [-0.05, 0) is 23.8 Å². The van der Waals surface area contributed by atoms with Gasteiger partial charge in [0, 0.05) is 28.9 Å². The maximum Gasteiger partial charge on any atom is 0.322 e. The van der Waals surface area contributed by atoms with E-state index >= 15 is 4.39 Å². The lowest BCUT2D eigenvalue weighted by Gasteiger charge is -2.09. The van der Waals surface area contributed by atoms with E-state index in [0.717, 1.165) is 11.1 Å². The first-order chi connectivity index (χ1) is 18.3. The van der Waals surface area contributed by atoms with E-state index in [0.29, 0.717) is 33.1 Å². The molecule has 0 radical (unpaired) electrons. The normalized spacial score (nSPS) is 11.1. The topological polar surface area (TPSA) is 131 Å². The lowest BCUT2D eigenvalue weighted by Crippen LogP contribution is -2.40. The highest BCUT2D eigenvalue weighted by Gasteiger charge is 2.21. The molecule has 0 aliphatic carbocycles. The van der Waals surface area contributed by atoms with Crippen LogP contribution in [0.4, 0.5) is 4.39 Å². The number of carboxylic acids is 1. The van der Waals surface area contributed by atoms with Gasteiger partial charge in [0.1, 0.15) is 24.6 Å². The van der Waals surface area contributed by atoms with Crippen molar-refractivity contribution in [3.8, 4) is 22.4 Å². The summed E-state index contributed by atoms with van der Waals surface area (Å²) in [4.78, 5) is 35.1. The van der Waals surface area contributed by atoms with Gasteiger partial charge < -0.3 is 15.7 Å². The van der Waals surface area contributed by atoms with Crippen LogP contribution in [0.1, 0.15) is 0 Å². The quantitative estimate of drug-likeness (QED) is 0.292. The van der Waals surface area contributed by atoms with Gasteiger partial charge in [0.05, 0.1) is 23.8 Å². The Morgan fingerprint density at radius 3 is 2.45 bits per heavy atom. The van der Waals surface area contributed by atoms with Crippen LogP contribution in [0.2, 0.25) is 0 Å². The fraction of sp³-hybridized carbons (Fsp3) is 0.148. The van der Waals surface area contributed by atoms with Gasteiger partial charge in [-0.1, -0.05) is 42.5 Å². The first-order valence-electron chi connectivity index (χ1n) is 11.7. The molecular weight excluding hydrogens is 491 g/mol. The number of amides is 2. The monoisotopic (exact) mass is 514 g/mol. The minimum absolute atomic E-state index is 0.206. The third-order valence-corrected chi connectivity index (χ3v) is 6.13. The number of carboxylic acid groups (broad SMARTS) is 1. The number of aryl methyl sites for hydroxylation is 1. The summed E-state index contributed by atoms with van der Waals surface area (Å²) < 4.78 is 18.6. The number of rotatable bonds is 8. The molecule has 5 rings (SSSR count). The van der Waals surface area contributed by atoms with Crippen LogP contribution in [0.25, 0.3) is 44.2 Å². The van der Waals surface area contributed by atoms with Gasteiger partial charge in [-0.15, -0.1) is 0 Å². The largest absolute Gasteiger partial charge is 0.480 e. The van der Waals surface area contributed by atoms with Crippen molar-refractivity contribution in [2.75, 3.05) is 13.1 Å². The van der Waals surface area contributed by atoms with Crippen LogP contribution in [0.5, 0.6) is 0 Å². The standard InChI is InChI=1S/C27H23FN6O4/c1-33-22-11-19(20(28)10-17(22)12-31-33)18-8-5-9-21-26(18)27(16-6-3-2-4-7-16)32-34(21)15-24(36)29-13-23(35)30-14-25(37)38/h2-12H,13-15H2,1H3,(H,29,36)(H,30,35)(H,37,38). The lowest BCUT2D eigenvalue weighted by atomic mass is 9.96. The molecule has 3 aromatic carbocycles. The molecule has 0 aliphatic heterocycles. The average Bonchev–Trinajstić information content (AvgIpc) is 3.46. The highest BCUT2D eigenvalue weighted by atomic mass is 19.1. The molecule has 11 heteroatoms. The van der Waals surface area contributed by atoms with Crippen molar-refractivity contribution in [1.29, 1.82) is 0 Å². The summed E-state index contributed by atoms with van der Waals surface area (Å²) in [6, 6.07) is 18.0. The molecule has 5 aromatic rings. The average molecular weight is 515 g/mol. The summed E-state index contributed by atoms with van der Waals surface area (Å²) in [5, 5.41) is 23.6. The molecule has 2 aromatic heterocycles. The van der Waals surface area contributed by atoms with E-state index in [9.17, 15) is 14.4 Å². The number of aromatic nitrogens is 4. The summed E-state index contributed by atoms with van der Waals surface area (Å²) in [6.45, 7) is -1.12. The van der Waals surface area contributed by atoms with Gasteiger partial charge in [0.2, 0.25) is 11.8 Å². The maximum atomic E-state index is 15.4. The first-order valence-corrected chi connectivity index (χ1v) is 11.7. The Hall–Kier alpha value is -5.06. The zero-order chi connectivity index (χ0) is 26.8. The minimum Gasteiger partial charge on any atom is -0.480 e. The summed E-state index contributed by atoms with van der Waals surface area (Å²) >= 11 is 0. The fourth-order valence-corrected chi connectivity index (χ4v) is 4.36. The van der Waals surface area contributed by atoms with Crippen molar-refractivity contribution in [3.63, 3.8) is 0 Å². The second kappa shape index (κ2) is 10.1. The number of carbonyl (C=O) groups is 3. The van der Waals surface area contributed by atoms with Crippen LogP contribution < -0.4 is 10.6 Å². The van der Waals surface area contributed by atoms with E-state index < -0.39 is 30.1 Å². The highest BCUT2D eigenvalue weighted by Crippen LogP contribution is 2.38. The second-order valence-corrected chi connectivity index (χ2v) is 8.68. The molecule has 0 unspecified atom stereocenters. The zero-order valence-electron chi connectivity index (χ0n) is 20.3. The molecule has 0 saturated carbocycles. The van der Waals surface area contributed by atoms with Crippen molar-refractivity contribution in [3.05, 3.63) is 72.7 Å². The second-order valence-electron chi connectivity index (χ2n) is 8.68. The van der Waals surface area contributed by atoms with E-state index in [1.54, 1.807) is 36.1 Å². The van der Waals surface area contributed by atoms with Gasteiger partial charge in [-0.2, -0.15) is 10.2 Å². The van der Waals surface area contributed by atoms with Gasteiger partial charge in [0.25, 0.3) is 0 Å². The number of benzene rings is 3. The van der Waals surface area contributed by atoms with Gasteiger partial charge in [-0.3, -0.25) is 23.7 Å². The predicted octanol–water partition coefficient (Wildman–Crippen LogP) is 2.71. The fourth-order valence-electron chi connectivity index (χ4n) is 4.36. The van der Waals surface area contributed by atoms with Crippen LogP contribution in [-0.2, 0) is 28.0 Å². The molecule has 0 atom stereocenters. The highest BCUT2D eigenvalue weighted by molar-refractivity contribution is 6.05. The van der Waals surface area contributed by atoms with Gasteiger partial charge in [0.15, 0.2) is 0 Å². The Bertz CT molecular complexity index is 1690. The molecule has 2 heterocycles. The number of hydrogen-bond donors (Lipinski definition) is 3. The molecular formula is C27H23FN6O4. The summed E-state index contributed by atoms with van der Waals surface area (Å²) in [6.07, 6.45) is 1.61. The molecule has 192 valence electrons. The number of nitrogens with zero attached hydrogens (tertiary/aromatic N) is 4. The van der Waals surface area contributed by atoms with Crippen LogP contribution in [0.3, 0.4) is 0 Å². The first kappa shape index (κ1) is 24.6. The predicted molar refractivity (Wildman–Crippen MR) is 138 cm³/mol. The number of nitrogens with one attached hydrogen (secondary N) is 2. The molecule has 38 heavy (non-hydrogen) atoms. The molecule has 10 nitrogen and oxygen atoms in total. The third kappa shape index (κ3) is 4.81.